The van der Waals surface area contributed by atoms with Gasteiger partial charge in [-0.25, -0.2) is 0 Å². The first kappa shape index (κ1) is 9.34. The average Bonchev–Trinajstić information content (AvgIpc) is 2.03. The molecular formula is C12H15ClN2. The van der Waals surface area contributed by atoms with Gasteiger partial charge in [-0.3, -0.25) is 0 Å². The molecule has 0 amide bonds. The molecule has 1 aliphatic heterocycles. The van der Waals surface area contributed by atoms with E-state index in [1.54, 1.807) is 0 Å². The Hall–Kier alpha value is -0.890. The van der Waals surface area contributed by atoms with E-state index in [1.165, 1.54) is 32.4 Å². The van der Waals surface area contributed by atoms with Crippen LogP contribution in [0.4, 0.5) is 11.4 Å². The molecule has 2 N–H and O–H groups in total. The summed E-state index contributed by atoms with van der Waals surface area (Å²) in [6, 6.07) is 5.78. The third-order valence-corrected chi connectivity index (χ3v) is 4.03. The highest BCUT2D eigenvalue weighted by Gasteiger charge is 2.47. The fraction of sp³-hybridized carbons (Fsp3) is 0.500. The van der Waals surface area contributed by atoms with Crippen molar-refractivity contribution in [2.24, 2.45) is 5.41 Å². The van der Waals surface area contributed by atoms with Crippen molar-refractivity contribution in [3.8, 4) is 0 Å². The first-order chi connectivity index (χ1) is 7.19. The molecule has 0 radical (unpaired) electrons. The fourth-order valence-electron chi connectivity index (χ4n) is 2.74. The summed E-state index contributed by atoms with van der Waals surface area (Å²) >= 11 is 5.88. The maximum Gasteiger partial charge on any atom is 0.0601 e. The van der Waals surface area contributed by atoms with E-state index >= 15 is 0 Å². The zero-order valence-electron chi connectivity index (χ0n) is 8.67. The Morgan fingerprint density at radius 2 is 2.00 bits per heavy atom. The Balaban J connectivity index is 1.77. The van der Waals surface area contributed by atoms with Gasteiger partial charge >= 0.3 is 0 Å². The van der Waals surface area contributed by atoms with Crippen molar-refractivity contribution in [2.45, 2.75) is 19.3 Å². The van der Waals surface area contributed by atoms with E-state index in [9.17, 15) is 0 Å². The maximum atomic E-state index is 5.95. The lowest BCUT2D eigenvalue weighted by atomic mass is 9.63. The molecule has 1 spiro atoms. The molecule has 1 saturated heterocycles. The minimum Gasteiger partial charge on any atom is -0.397 e. The van der Waals surface area contributed by atoms with Crippen LogP contribution in [0.1, 0.15) is 19.3 Å². The Labute approximate surface area is 95.0 Å². The monoisotopic (exact) mass is 222 g/mol. The smallest absolute Gasteiger partial charge is 0.0601 e. The number of hydrogen-bond donors (Lipinski definition) is 1. The van der Waals surface area contributed by atoms with Crippen LogP contribution in [0.2, 0.25) is 5.02 Å². The molecule has 0 aromatic heterocycles. The molecule has 1 aliphatic carbocycles. The fourth-order valence-corrected chi connectivity index (χ4v) is 2.92. The lowest BCUT2D eigenvalue weighted by Crippen LogP contribution is -2.60. The van der Waals surface area contributed by atoms with Gasteiger partial charge in [-0.05, 0) is 31.0 Å². The largest absolute Gasteiger partial charge is 0.397 e. The van der Waals surface area contributed by atoms with E-state index in [1.807, 2.05) is 18.2 Å². The highest BCUT2D eigenvalue weighted by molar-refractivity contribution is 6.31. The second kappa shape index (κ2) is 3.05. The van der Waals surface area contributed by atoms with Crippen molar-refractivity contribution in [2.75, 3.05) is 23.7 Å². The number of anilines is 2. The van der Waals surface area contributed by atoms with Gasteiger partial charge in [-0.1, -0.05) is 18.0 Å². The van der Waals surface area contributed by atoms with Crippen molar-refractivity contribution in [1.82, 2.24) is 0 Å². The van der Waals surface area contributed by atoms with Crippen LogP contribution in [0.25, 0.3) is 0 Å². The van der Waals surface area contributed by atoms with E-state index in [-0.39, 0.29) is 0 Å². The van der Waals surface area contributed by atoms with Gasteiger partial charge in [-0.2, -0.15) is 0 Å². The molecule has 15 heavy (non-hydrogen) atoms. The maximum absolute atomic E-state index is 5.95. The number of benzene rings is 1. The molecule has 1 saturated carbocycles. The molecule has 3 heteroatoms. The number of nitrogens with two attached hydrogens (primary N) is 1. The third-order valence-electron chi connectivity index (χ3n) is 3.80. The van der Waals surface area contributed by atoms with Crippen molar-refractivity contribution in [3.63, 3.8) is 0 Å². The predicted octanol–water partition coefficient (Wildman–Crippen LogP) is 2.91. The number of rotatable bonds is 1. The van der Waals surface area contributed by atoms with Crippen LogP contribution < -0.4 is 10.6 Å². The standard InChI is InChI=1S/C12H15ClN2/c13-9-2-3-11(10(14)6-9)15-7-12(8-15)4-1-5-12/h2-3,6H,1,4-5,7-8,14H2. The van der Waals surface area contributed by atoms with E-state index in [4.69, 9.17) is 17.3 Å². The van der Waals surface area contributed by atoms with Gasteiger partial charge in [0.1, 0.15) is 0 Å². The Kier molecular flexibility index (Phi) is 1.90. The molecule has 2 aliphatic rings. The lowest BCUT2D eigenvalue weighted by Gasteiger charge is -2.57. The first-order valence-electron chi connectivity index (χ1n) is 5.49. The van der Waals surface area contributed by atoms with Crippen LogP contribution in [0, 0.1) is 5.41 Å². The minimum atomic E-state index is 0.645. The molecule has 1 aromatic rings. The Morgan fingerprint density at radius 3 is 2.53 bits per heavy atom. The second-order valence-electron chi connectivity index (χ2n) is 4.91. The summed E-state index contributed by atoms with van der Waals surface area (Å²) in [7, 11) is 0. The van der Waals surface area contributed by atoms with Crippen LogP contribution >= 0.6 is 11.6 Å². The average molecular weight is 223 g/mol. The van der Waals surface area contributed by atoms with Crippen molar-refractivity contribution < 1.29 is 0 Å². The van der Waals surface area contributed by atoms with E-state index in [0.29, 0.717) is 5.41 Å². The number of hydrogen-bond acceptors (Lipinski definition) is 2. The van der Waals surface area contributed by atoms with Gasteiger partial charge in [0.15, 0.2) is 0 Å². The van der Waals surface area contributed by atoms with Crippen molar-refractivity contribution in [3.05, 3.63) is 23.2 Å². The van der Waals surface area contributed by atoms with Crippen LogP contribution in [0.5, 0.6) is 0 Å². The summed E-state index contributed by atoms with van der Waals surface area (Å²) in [6.07, 6.45) is 4.21. The van der Waals surface area contributed by atoms with Crippen LogP contribution in [0.3, 0.4) is 0 Å². The number of nitrogens with zero attached hydrogens (tertiary/aromatic N) is 1. The summed E-state index contributed by atoms with van der Waals surface area (Å²) in [5, 5.41) is 0.718. The van der Waals surface area contributed by atoms with E-state index < -0.39 is 0 Å². The summed E-state index contributed by atoms with van der Waals surface area (Å²) in [5.74, 6) is 0. The van der Waals surface area contributed by atoms with E-state index in [2.05, 4.69) is 4.90 Å². The molecule has 0 unspecified atom stereocenters. The molecule has 80 valence electrons. The molecule has 3 rings (SSSR count). The number of halogens is 1. The second-order valence-corrected chi connectivity index (χ2v) is 5.35. The predicted molar refractivity (Wildman–Crippen MR) is 64.4 cm³/mol. The summed E-state index contributed by atoms with van der Waals surface area (Å²) in [4.78, 5) is 2.37. The van der Waals surface area contributed by atoms with Crippen LogP contribution in [-0.4, -0.2) is 13.1 Å². The summed E-state index contributed by atoms with van der Waals surface area (Å²) in [5.41, 5.74) is 8.55. The zero-order chi connectivity index (χ0) is 10.5. The topological polar surface area (TPSA) is 29.3 Å². The number of nitrogen functional groups attached to an aromatic ring is 1. The third kappa shape index (κ3) is 1.39. The molecule has 2 fully saturated rings. The van der Waals surface area contributed by atoms with Crippen LogP contribution in [0.15, 0.2) is 18.2 Å². The molecule has 1 heterocycles. The molecule has 1 aromatic carbocycles. The quantitative estimate of drug-likeness (QED) is 0.741. The van der Waals surface area contributed by atoms with Gasteiger partial charge in [0.2, 0.25) is 0 Å². The van der Waals surface area contributed by atoms with E-state index in [0.717, 1.165) is 16.4 Å². The van der Waals surface area contributed by atoms with Crippen LogP contribution in [-0.2, 0) is 0 Å². The van der Waals surface area contributed by atoms with Gasteiger partial charge < -0.3 is 10.6 Å². The van der Waals surface area contributed by atoms with Crippen molar-refractivity contribution in [1.29, 1.82) is 0 Å². The van der Waals surface area contributed by atoms with Gasteiger partial charge in [0, 0.05) is 23.5 Å². The Morgan fingerprint density at radius 1 is 1.27 bits per heavy atom. The van der Waals surface area contributed by atoms with Gasteiger partial charge in [0.05, 0.1) is 11.4 Å². The first-order valence-corrected chi connectivity index (χ1v) is 5.86. The SMILES string of the molecule is Nc1cc(Cl)ccc1N1CC2(CCC2)C1. The molecule has 0 bridgehead atoms. The highest BCUT2D eigenvalue weighted by atomic mass is 35.5. The summed E-state index contributed by atoms with van der Waals surface area (Å²) < 4.78 is 0. The zero-order valence-corrected chi connectivity index (χ0v) is 9.43. The van der Waals surface area contributed by atoms with Crippen molar-refractivity contribution >= 4 is 23.0 Å². The molecule has 0 atom stereocenters. The van der Waals surface area contributed by atoms with Gasteiger partial charge in [0.25, 0.3) is 0 Å². The van der Waals surface area contributed by atoms with Gasteiger partial charge in [-0.15, -0.1) is 0 Å². The lowest BCUT2D eigenvalue weighted by molar-refractivity contribution is 0.0905. The molecule has 2 nitrogen and oxygen atoms in total. The Bertz CT molecular complexity index is 391. The normalized spacial score (nSPS) is 22.3. The highest BCUT2D eigenvalue weighted by Crippen LogP contribution is 2.50. The summed E-state index contributed by atoms with van der Waals surface area (Å²) in [6.45, 7) is 2.36. The molecular weight excluding hydrogens is 208 g/mol. The minimum absolute atomic E-state index is 0.645.